The third-order valence-corrected chi connectivity index (χ3v) is 4.44. The van der Waals surface area contributed by atoms with Gasteiger partial charge in [-0.3, -0.25) is 14.5 Å². The summed E-state index contributed by atoms with van der Waals surface area (Å²) in [6.07, 6.45) is 2.13. The molecule has 24 heavy (non-hydrogen) atoms. The van der Waals surface area contributed by atoms with E-state index in [-0.39, 0.29) is 24.5 Å². The fourth-order valence-electron chi connectivity index (χ4n) is 3.09. The van der Waals surface area contributed by atoms with Crippen LogP contribution in [0.15, 0.2) is 18.2 Å². The number of carbonyl (C=O) groups excluding carboxylic acids is 2. The Labute approximate surface area is 142 Å². The van der Waals surface area contributed by atoms with Gasteiger partial charge in [0.1, 0.15) is 12.3 Å². The van der Waals surface area contributed by atoms with E-state index in [4.69, 9.17) is 9.47 Å². The molecule has 2 atom stereocenters. The minimum Gasteiger partial charge on any atom is -0.478 e. The quantitative estimate of drug-likeness (QED) is 0.893. The predicted molar refractivity (Wildman–Crippen MR) is 90.2 cm³/mol. The molecule has 2 heterocycles. The van der Waals surface area contributed by atoms with E-state index in [1.54, 1.807) is 0 Å². The molecule has 2 amide bonds. The van der Waals surface area contributed by atoms with Crippen molar-refractivity contribution in [3.8, 4) is 5.75 Å². The van der Waals surface area contributed by atoms with Crippen LogP contribution in [0.1, 0.15) is 31.7 Å². The molecule has 130 valence electrons. The zero-order chi connectivity index (χ0) is 17.1. The number of rotatable bonds is 5. The number of fused-ring (bicyclic) bond motifs is 1. The van der Waals surface area contributed by atoms with Crippen molar-refractivity contribution in [2.75, 3.05) is 24.6 Å². The van der Waals surface area contributed by atoms with Crippen LogP contribution in [-0.4, -0.2) is 43.7 Å². The van der Waals surface area contributed by atoms with Crippen LogP contribution in [0.4, 0.5) is 5.69 Å². The van der Waals surface area contributed by atoms with Crippen LogP contribution in [0, 0.1) is 6.92 Å². The number of carbonyl (C=O) groups is 2. The molecule has 1 N–H and O–H groups in total. The molecule has 0 saturated carbocycles. The summed E-state index contributed by atoms with van der Waals surface area (Å²) in [5.74, 6) is 0.310. The number of anilines is 1. The fourth-order valence-corrected chi connectivity index (χ4v) is 3.09. The fraction of sp³-hybridized carbons (Fsp3) is 0.556. The lowest BCUT2D eigenvalue weighted by atomic mass is 10.1. The smallest absolute Gasteiger partial charge is 0.268 e. The minimum atomic E-state index is -0.536. The van der Waals surface area contributed by atoms with E-state index in [0.717, 1.165) is 25.0 Å². The molecule has 6 nitrogen and oxygen atoms in total. The maximum absolute atomic E-state index is 12.6. The Kier molecular flexibility index (Phi) is 5.04. The molecular formula is C18H24N2O4. The molecule has 1 aromatic rings. The van der Waals surface area contributed by atoms with Gasteiger partial charge in [-0.05, 0) is 43.9 Å². The van der Waals surface area contributed by atoms with Crippen molar-refractivity contribution in [2.45, 2.75) is 45.3 Å². The van der Waals surface area contributed by atoms with Gasteiger partial charge in [0.15, 0.2) is 6.10 Å². The molecule has 1 aromatic carbocycles. The molecule has 1 fully saturated rings. The van der Waals surface area contributed by atoms with Gasteiger partial charge in [0.25, 0.3) is 5.91 Å². The van der Waals surface area contributed by atoms with Gasteiger partial charge in [0.05, 0.1) is 11.8 Å². The van der Waals surface area contributed by atoms with E-state index in [9.17, 15) is 9.59 Å². The maximum Gasteiger partial charge on any atom is 0.268 e. The van der Waals surface area contributed by atoms with Crippen molar-refractivity contribution >= 4 is 17.5 Å². The van der Waals surface area contributed by atoms with Crippen LogP contribution in [-0.2, 0) is 14.3 Å². The molecule has 2 aliphatic heterocycles. The van der Waals surface area contributed by atoms with Crippen molar-refractivity contribution < 1.29 is 19.1 Å². The Bertz CT molecular complexity index is 625. The number of benzene rings is 1. The molecule has 3 rings (SSSR count). The zero-order valence-corrected chi connectivity index (χ0v) is 14.2. The highest BCUT2D eigenvalue weighted by Gasteiger charge is 2.34. The monoisotopic (exact) mass is 332 g/mol. The van der Waals surface area contributed by atoms with Crippen LogP contribution in [0.25, 0.3) is 0 Å². The molecule has 0 radical (unpaired) electrons. The highest BCUT2D eigenvalue weighted by molar-refractivity contribution is 6.03. The molecule has 0 unspecified atom stereocenters. The largest absolute Gasteiger partial charge is 0.478 e. The summed E-state index contributed by atoms with van der Waals surface area (Å²) >= 11 is 0. The summed E-state index contributed by atoms with van der Waals surface area (Å²) in [6.45, 7) is 5.11. The summed E-state index contributed by atoms with van der Waals surface area (Å²) in [5.41, 5.74) is 1.68. The number of nitrogens with zero attached hydrogens (tertiary/aromatic N) is 1. The molecule has 0 spiro atoms. The van der Waals surface area contributed by atoms with Gasteiger partial charge in [-0.2, -0.15) is 0 Å². The Morgan fingerprint density at radius 3 is 2.96 bits per heavy atom. The van der Waals surface area contributed by atoms with Crippen LogP contribution < -0.4 is 15.0 Å². The topological polar surface area (TPSA) is 67.9 Å². The van der Waals surface area contributed by atoms with Gasteiger partial charge in [-0.25, -0.2) is 0 Å². The number of hydrogen-bond acceptors (Lipinski definition) is 4. The molecule has 1 saturated heterocycles. The number of ether oxygens (including phenoxy) is 2. The molecule has 2 aliphatic rings. The van der Waals surface area contributed by atoms with E-state index in [1.807, 2.05) is 32.0 Å². The minimum absolute atomic E-state index is 0.00185. The van der Waals surface area contributed by atoms with Crippen molar-refractivity contribution in [3.05, 3.63) is 23.8 Å². The summed E-state index contributed by atoms with van der Waals surface area (Å²) in [7, 11) is 0. The number of nitrogens with one attached hydrogen (secondary N) is 1. The van der Waals surface area contributed by atoms with Crippen LogP contribution in [0.2, 0.25) is 0 Å². The second-order valence-corrected chi connectivity index (χ2v) is 6.35. The SMILES string of the molecule is CC[C@@H]1Oc2ccc(C)cc2N(CC(=O)NC[C@@H]2CCCO2)C1=O. The predicted octanol–water partition coefficient (Wildman–Crippen LogP) is 1.79. The summed E-state index contributed by atoms with van der Waals surface area (Å²) in [6, 6.07) is 5.68. The zero-order valence-electron chi connectivity index (χ0n) is 14.2. The highest BCUT2D eigenvalue weighted by atomic mass is 16.5. The van der Waals surface area contributed by atoms with E-state index < -0.39 is 6.10 Å². The first kappa shape index (κ1) is 16.8. The molecule has 0 aliphatic carbocycles. The maximum atomic E-state index is 12.6. The van der Waals surface area contributed by atoms with Crippen molar-refractivity contribution in [1.29, 1.82) is 0 Å². The number of hydrogen-bond donors (Lipinski definition) is 1. The Balaban J connectivity index is 1.71. The molecular weight excluding hydrogens is 308 g/mol. The van der Waals surface area contributed by atoms with Crippen LogP contribution in [0.3, 0.4) is 0 Å². The third kappa shape index (κ3) is 3.53. The van der Waals surface area contributed by atoms with Crippen molar-refractivity contribution in [3.63, 3.8) is 0 Å². The molecule has 0 bridgehead atoms. The van der Waals surface area contributed by atoms with Crippen molar-refractivity contribution in [2.24, 2.45) is 0 Å². The molecule has 6 heteroatoms. The van der Waals surface area contributed by atoms with E-state index in [2.05, 4.69) is 5.32 Å². The van der Waals surface area contributed by atoms with Crippen LogP contribution >= 0.6 is 0 Å². The van der Waals surface area contributed by atoms with Crippen molar-refractivity contribution in [1.82, 2.24) is 5.32 Å². The second kappa shape index (κ2) is 7.21. The lowest BCUT2D eigenvalue weighted by Crippen LogP contribution is -2.50. The standard InChI is InChI=1S/C18H24N2O4/c1-3-15-18(22)20(14-9-12(2)6-7-16(14)24-15)11-17(21)19-10-13-5-4-8-23-13/h6-7,9,13,15H,3-5,8,10-11H2,1-2H3,(H,19,21)/t13-,15-/m0/s1. The average Bonchev–Trinajstić information content (AvgIpc) is 3.09. The van der Waals surface area contributed by atoms with Gasteiger partial charge in [-0.15, -0.1) is 0 Å². The lowest BCUT2D eigenvalue weighted by molar-refractivity contribution is -0.129. The summed E-state index contributed by atoms with van der Waals surface area (Å²) < 4.78 is 11.3. The van der Waals surface area contributed by atoms with Crippen LogP contribution in [0.5, 0.6) is 5.75 Å². The summed E-state index contributed by atoms with van der Waals surface area (Å²) in [5, 5.41) is 2.87. The van der Waals surface area contributed by atoms with E-state index in [0.29, 0.717) is 24.4 Å². The van der Waals surface area contributed by atoms with Gasteiger partial charge >= 0.3 is 0 Å². The van der Waals surface area contributed by atoms with Gasteiger partial charge < -0.3 is 14.8 Å². The number of amides is 2. The molecule has 0 aromatic heterocycles. The first-order valence-electron chi connectivity index (χ1n) is 8.55. The number of aryl methyl sites for hydroxylation is 1. The lowest BCUT2D eigenvalue weighted by Gasteiger charge is -2.34. The van der Waals surface area contributed by atoms with Gasteiger partial charge in [0, 0.05) is 13.2 Å². The summed E-state index contributed by atoms with van der Waals surface area (Å²) in [4.78, 5) is 26.5. The van der Waals surface area contributed by atoms with E-state index >= 15 is 0 Å². The Morgan fingerprint density at radius 1 is 1.42 bits per heavy atom. The second-order valence-electron chi connectivity index (χ2n) is 6.35. The third-order valence-electron chi connectivity index (χ3n) is 4.44. The first-order valence-corrected chi connectivity index (χ1v) is 8.55. The van der Waals surface area contributed by atoms with Gasteiger partial charge in [-0.1, -0.05) is 13.0 Å². The first-order chi connectivity index (χ1) is 11.6. The van der Waals surface area contributed by atoms with Gasteiger partial charge in [0.2, 0.25) is 5.91 Å². The average molecular weight is 332 g/mol. The Hall–Kier alpha value is -2.08. The van der Waals surface area contributed by atoms with E-state index in [1.165, 1.54) is 4.90 Å². The normalized spacial score (nSPS) is 22.9. The Morgan fingerprint density at radius 2 is 2.25 bits per heavy atom. The highest BCUT2D eigenvalue weighted by Crippen LogP contribution is 2.35.